The SMILES string of the molecule is N#Cc1cc2cc(Br)ncc2[nH]1. The van der Waals surface area contributed by atoms with E-state index in [1.807, 2.05) is 12.1 Å². The van der Waals surface area contributed by atoms with E-state index in [1.54, 1.807) is 12.3 Å². The molecule has 2 rings (SSSR count). The van der Waals surface area contributed by atoms with E-state index in [4.69, 9.17) is 5.26 Å². The first-order chi connectivity index (χ1) is 5.79. The molecular formula is C8H4BrN3. The zero-order valence-electron chi connectivity index (χ0n) is 6.00. The maximum atomic E-state index is 8.59. The summed E-state index contributed by atoms with van der Waals surface area (Å²) in [4.78, 5) is 6.96. The third kappa shape index (κ3) is 1.08. The van der Waals surface area contributed by atoms with Crippen molar-refractivity contribution in [3.63, 3.8) is 0 Å². The van der Waals surface area contributed by atoms with E-state index in [0.29, 0.717) is 5.69 Å². The van der Waals surface area contributed by atoms with E-state index in [0.717, 1.165) is 15.5 Å². The monoisotopic (exact) mass is 221 g/mol. The Bertz CT molecular complexity index is 467. The van der Waals surface area contributed by atoms with Crippen LogP contribution in [0.4, 0.5) is 0 Å². The summed E-state index contributed by atoms with van der Waals surface area (Å²) in [6.07, 6.45) is 1.69. The molecule has 0 amide bonds. The second-order valence-corrected chi connectivity index (χ2v) is 3.20. The van der Waals surface area contributed by atoms with Gasteiger partial charge >= 0.3 is 0 Å². The Morgan fingerprint density at radius 1 is 1.50 bits per heavy atom. The van der Waals surface area contributed by atoms with Gasteiger partial charge in [0.25, 0.3) is 0 Å². The van der Waals surface area contributed by atoms with Crippen LogP contribution in [0.25, 0.3) is 10.9 Å². The number of H-pyrrole nitrogens is 1. The lowest BCUT2D eigenvalue weighted by atomic mass is 10.3. The van der Waals surface area contributed by atoms with Crippen molar-refractivity contribution >= 4 is 26.8 Å². The minimum Gasteiger partial charge on any atom is -0.345 e. The molecule has 0 aliphatic carbocycles. The highest BCUT2D eigenvalue weighted by atomic mass is 79.9. The summed E-state index contributed by atoms with van der Waals surface area (Å²) >= 11 is 3.26. The summed E-state index contributed by atoms with van der Waals surface area (Å²) in [5.41, 5.74) is 1.44. The predicted molar refractivity (Wildman–Crippen MR) is 48.5 cm³/mol. The number of fused-ring (bicyclic) bond motifs is 1. The maximum absolute atomic E-state index is 8.59. The Balaban J connectivity index is 2.77. The second-order valence-electron chi connectivity index (χ2n) is 2.39. The second kappa shape index (κ2) is 2.61. The number of halogens is 1. The molecule has 0 radical (unpaired) electrons. The molecule has 0 saturated heterocycles. The Kier molecular flexibility index (Phi) is 1.59. The molecular weight excluding hydrogens is 218 g/mol. The molecule has 0 aliphatic heterocycles. The van der Waals surface area contributed by atoms with Crippen LogP contribution in [0.2, 0.25) is 0 Å². The van der Waals surface area contributed by atoms with Gasteiger partial charge in [0.1, 0.15) is 16.4 Å². The fourth-order valence-electron chi connectivity index (χ4n) is 1.06. The normalized spacial score (nSPS) is 10.0. The van der Waals surface area contributed by atoms with Crippen LogP contribution in [0.1, 0.15) is 5.69 Å². The molecule has 0 fully saturated rings. The van der Waals surface area contributed by atoms with Gasteiger partial charge in [-0.25, -0.2) is 4.98 Å². The first kappa shape index (κ1) is 7.32. The van der Waals surface area contributed by atoms with Crippen LogP contribution < -0.4 is 0 Å². The van der Waals surface area contributed by atoms with Crippen LogP contribution in [-0.4, -0.2) is 9.97 Å². The molecule has 58 valence electrons. The van der Waals surface area contributed by atoms with Crippen LogP contribution in [0.5, 0.6) is 0 Å². The average Bonchev–Trinajstić information content (AvgIpc) is 2.46. The molecule has 2 aromatic heterocycles. The van der Waals surface area contributed by atoms with E-state index < -0.39 is 0 Å². The van der Waals surface area contributed by atoms with Crippen molar-refractivity contribution in [3.8, 4) is 6.07 Å². The highest BCUT2D eigenvalue weighted by Gasteiger charge is 1.99. The molecule has 4 heteroatoms. The lowest BCUT2D eigenvalue weighted by Gasteiger charge is -1.88. The van der Waals surface area contributed by atoms with Crippen LogP contribution in [0, 0.1) is 11.3 Å². The van der Waals surface area contributed by atoms with E-state index in [2.05, 4.69) is 25.9 Å². The molecule has 3 nitrogen and oxygen atoms in total. The van der Waals surface area contributed by atoms with Crippen LogP contribution in [0.15, 0.2) is 22.9 Å². The lowest BCUT2D eigenvalue weighted by molar-refractivity contribution is 1.28. The number of aromatic amines is 1. The van der Waals surface area contributed by atoms with E-state index in [1.165, 1.54) is 0 Å². The van der Waals surface area contributed by atoms with Crippen LogP contribution in [0.3, 0.4) is 0 Å². The highest BCUT2D eigenvalue weighted by Crippen LogP contribution is 2.17. The van der Waals surface area contributed by atoms with Gasteiger partial charge in [-0.2, -0.15) is 5.26 Å². The van der Waals surface area contributed by atoms with Crippen molar-refractivity contribution in [2.45, 2.75) is 0 Å². The molecule has 0 bridgehead atoms. The first-order valence-corrected chi connectivity index (χ1v) is 4.13. The Morgan fingerprint density at radius 2 is 2.33 bits per heavy atom. The van der Waals surface area contributed by atoms with Crippen molar-refractivity contribution in [1.82, 2.24) is 9.97 Å². The molecule has 0 saturated carbocycles. The smallest absolute Gasteiger partial charge is 0.118 e. The minimum atomic E-state index is 0.560. The van der Waals surface area contributed by atoms with Crippen LogP contribution >= 0.6 is 15.9 Å². The minimum absolute atomic E-state index is 0.560. The standard InChI is InChI=1S/C8H4BrN3/c9-8-2-5-1-6(3-10)12-7(5)4-11-8/h1-2,4,12H. The summed E-state index contributed by atoms with van der Waals surface area (Å²) < 4.78 is 0.776. The van der Waals surface area contributed by atoms with Gasteiger partial charge in [0.05, 0.1) is 11.7 Å². The first-order valence-electron chi connectivity index (χ1n) is 3.34. The van der Waals surface area contributed by atoms with Gasteiger partial charge in [0.15, 0.2) is 0 Å². The summed E-state index contributed by atoms with van der Waals surface area (Å²) in [5.74, 6) is 0. The average molecular weight is 222 g/mol. The number of hydrogen-bond donors (Lipinski definition) is 1. The van der Waals surface area contributed by atoms with Gasteiger partial charge in [-0.05, 0) is 28.1 Å². The zero-order valence-corrected chi connectivity index (χ0v) is 7.59. The Hall–Kier alpha value is -1.34. The van der Waals surface area contributed by atoms with Gasteiger partial charge in [-0.15, -0.1) is 0 Å². The van der Waals surface area contributed by atoms with Gasteiger partial charge < -0.3 is 4.98 Å². The van der Waals surface area contributed by atoms with Crippen LogP contribution in [-0.2, 0) is 0 Å². The molecule has 2 heterocycles. The molecule has 2 aromatic rings. The summed E-state index contributed by atoms with van der Waals surface area (Å²) in [5, 5.41) is 9.59. The molecule has 0 spiro atoms. The van der Waals surface area contributed by atoms with Crippen molar-refractivity contribution < 1.29 is 0 Å². The molecule has 0 atom stereocenters. The third-order valence-corrected chi connectivity index (χ3v) is 2.03. The molecule has 0 aliphatic rings. The number of aromatic nitrogens is 2. The highest BCUT2D eigenvalue weighted by molar-refractivity contribution is 9.10. The fourth-order valence-corrected chi connectivity index (χ4v) is 1.41. The largest absolute Gasteiger partial charge is 0.345 e. The number of pyridine rings is 1. The summed E-state index contributed by atoms with van der Waals surface area (Å²) in [6, 6.07) is 5.70. The van der Waals surface area contributed by atoms with Crippen molar-refractivity contribution in [1.29, 1.82) is 5.26 Å². The lowest BCUT2D eigenvalue weighted by Crippen LogP contribution is -1.74. The number of nitrogens with zero attached hydrogens (tertiary/aromatic N) is 2. The Morgan fingerprint density at radius 3 is 3.08 bits per heavy atom. The van der Waals surface area contributed by atoms with Gasteiger partial charge in [0.2, 0.25) is 0 Å². The summed E-state index contributed by atoms with van der Waals surface area (Å²) in [7, 11) is 0. The maximum Gasteiger partial charge on any atom is 0.118 e. The van der Waals surface area contributed by atoms with E-state index >= 15 is 0 Å². The van der Waals surface area contributed by atoms with Gasteiger partial charge in [-0.1, -0.05) is 0 Å². The summed E-state index contributed by atoms with van der Waals surface area (Å²) in [6.45, 7) is 0. The molecule has 12 heavy (non-hydrogen) atoms. The van der Waals surface area contributed by atoms with Gasteiger partial charge in [0, 0.05) is 5.39 Å². The molecule has 0 unspecified atom stereocenters. The van der Waals surface area contributed by atoms with Crippen molar-refractivity contribution in [2.75, 3.05) is 0 Å². The topological polar surface area (TPSA) is 52.5 Å². The molecule has 1 N–H and O–H groups in total. The fraction of sp³-hybridized carbons (Fsp3) is 0. The predicted octanol–water partition coefficient (Wildman–Crippen LogP) is 2.20. The number of rotatable bonds is 0. The molecule has 0 aromatic carbocycles. The van der Waals surface area contributed by atoms with Crippen molar-refractivity contribution in [2.24, 2.45) is 0 Å². The number of hydrogen-bond acceptors (Lipinski definition) is 2. The quantitative estimate of drug-likeness (QED) is 0.694. The van der Waals surface area contributed by atoms with E-state index in [-0.39, 0.29) is 0 Å². The van der Waals surface area contributed by atoms with E-state index in [9.17, 15) is 0 Å². The van der Waals surface area contributed by atoms with Crippen molar-refractivity contribution in [3.05, 3.63) is 28.6 Å². The Labute approximate surface area is 77.2 Å². The zero-order chi connectivity index (χ0) is 8.55. The number of nitrogens with one attached hydrogen (secondary N) is 1. The number of nitriles is 1. The third-order valence-electron chi connectivity index (χ3n) is 1.59. The van der Waals surface area contributed by atoms with Gasteiger partial charge in [-0.3, -0.25) is 0 Å².